The number of hydrogen-bond donors (Lipinski definition) is 1. The quantitative estimate of drug-likeness (QED) is 0.662. The van der Waals surface area contributed by atoms with Crippen LogP contribution in [0, 0.1) is 0 Å². The summed E-state index contributed by atoms with van der Waals surface area (Å²) in [7, 11) is 1.74. The maximum atomic E-state index is 12.2. The minimum absolute atomic E-state index is 0.134. The molecular weight excluding hydrogens is 378 g/mol. The SMILES string of the molecule is Cn1nc(C(C)(C)C)cc1NC(=O)COC(=O)c1cnc(-c2cccnc2)s1. The maximum absolute atomic E-state index is 12.2. The third-order valence-corrected chi connectivity index (χ3v) is 4.89. The van der Waals surface area contributed by atoms with Gasteiger partial charge in [-0.1, -0.05) is 20.8 Å². The van der Waals surface area contributed by atoms with Crippen LogP contribution >= 0.6 is 11.3 Å². The van der Waals surface area contributed by atoms with Crippen LogP contribution in [0.25, 0.3) is 10.6 Å². The monoisotopic (exact) mass is 399 g/mol. The number of aryl methyl sites for hydroxylation is 1. The van der Waals surface area contributed by atoms with Gasteiger partial charge in [-0.2, -0.15) is 5.10 Å². The Bertz CT molecular complexity index is 989. The second kappa shape index (κ2) is 7.89. The van der Waals surface area contributed by atoms with E-state index in [1.54, 1.807) is 30.2 Å². The van der Waals surface area contributed by atoms with E-state index in [0.717, 1.165) is 11.3 Å². The molecule has 0 saturated heterocycles. The number of carbonyl (C=O) groups is 2. The molecule has 0 aromatic carbocycles. The number of rotatable bonds is 5. The minimum atomic E-state index is -0.594. The first kappa shape index (κ1) is 19.7. The fraction of sp³-hybridized carbons (Fsp3) is 0.316. The van der Waals surface area contributed by atoms with E-state index in [1.165, 1.54) is 17.5 Å². The molecule has 0 aliphatic heterocycles. The van der Waals surface area contributed by atoms with Gasteiger partial charge in [-0.05, 0) is 12.1 Å². The number of nitrogens with one attached hydrogen (secondary N) is 1. The van der Waals surface area contributed by atoms with Gasteiger partial charge in [-0.25, -0.2) is 9.78 Å². The van der Waals surface area contributed by atoms with Crippen LogP contribution in [0.3, 0.4) is 0 Å². The zero-order valence-corrected chi connectivity index (χ0v) is 16.9. The van der Waals surface area contributed by atoms with Gasteiger partial charge in [0.15, 0.2) is 6.61 Å². The minimum Gasteiger partial charge on any atom is -0.451 e. The summed E-state index contributed by atoms with van der Waals surface area (Å²) in [5, 5.41) is 7.76. The number of anilines is 1. The first-order valence-corrected chi connectivity index (χ1v) is 9.43. The van der Waals surface area contributed by atoms with Crippen molar-refractivity contribution in [3.8, 4) is 10.6 Å². The molecule has 0 aliphatic carbocycles. The highest BCUT2D eigenvalue weighted by atomic mass is 32.1. The first-order valence-electron chi connectivity index (χ1n) is 8.62. The number of amides is 1. The van der Waals surface area contributed by atoms with E-state index in [0.29, 0.717) is 15.7 Å². The van der Waals surface area contributed by atoms with E-state index in [1.807, 2.05) is 32.9 Å². The number of aromatic nitrogens is 4. The third kappa shape index (κ3) is 4.61. The molecule has 0 atom stereocenters. The number of carbonyl (C=O) groups excluding carboxylic acids is 2. The van der Waals surface area contributed by atoms with E-state index >= 15 is 0 Å². The molecule has 0 bridgehead atoms. The van der Waals surface area contributed by atoms with Crippen molar-refractivity contribution in [3.63, 3.8) is 0 Å². The van der Waals surface area contributed by atoms with Gasteiger partial charge in [0.05, 0.1) is 11.9 Å². The molecule has 1 N–H and O–H groups in total. The molecule has 3 aromatic heterocycles. The number of hydrogen-bond acceptors (Lipinski definition) is 7. The van der Waals surface area contributed by atoms with E-state index < -0.39 is 18.5 Å². The Morgan fingerprint density at radius 3 is 2.71 bits per heavy atom. The Hall–Kier alpha value is -3.07. The summed E-state index contributed by atoms with van der Waals surface area (Å²) in [5.74, 6) is -0.486. The third-order valence-electron chi connectivity index (χ3n) is 3.87. The maximum Gasteiger partial charge on any atom is 0.350 e. The number of esters is 1. The van der Waals surface area contributed by atoms with Crippen molar-refractivity contribution < 1.29 is 14.3 Å². The summed E-state index contributed by atoms with van der Waals surface area (Å²) < 4.78 is 6.69. The Kier molecular flexibility index (Phi) is 5.55. The summed E-state index contributed by atoms with van der Waals surface area (Å²) in [5.41, 5.74) is 1.54. The molecule has 146 valence electrons. The lowest BCUT2D eigenvalue weighted by atomic mass is 9.92. The van der Waals surface area contributed by atoms with Crippen LogP contribution in [-0.2, 0) is 22.0 Å². The molecular formula is C19H21N5O3S. The molecule has 9 heteroatoms. The van der Waals surface area contributed by atoms with Crippen LogP contribution in [0.5, 0.6) is 0 Å². The highest BCUT2D eigenvalue weighted by Gasteiger charge is 2.20. The van der Waals surface area contributed by atoms with Crippen LogP contribution in [0.4, 0.5) is 5.82 Å². The Morgan fingerprint density at radius 1 is 1.29 bits per heavy atom. The lowest BCUT2D eigenvalue weighted by Gasteiger charge is -2.13. The highest BCUT2D eigenvalue weighted by molar-refractivity contribution is 7.16. The van der Waals surface area contributed by atoms with Crippen molar-refractivity contribution in [1.82, 2.24) is 19.7 Å². The van der Waals surface area contributed by atoms with Gasteiger partial charge in [0.25, 0.3) is 5.91 Å². The van der Waals surface area contributed by atoms with E-state index in [-0.39, 0.29) is 5.41 Å². The smallest absolute Gasteiger partial charge is 0.350 e. The van der Waals surface area contributed by atoms with Crippen LogP contribution in [-0.4, -0.2) is 38.2 Å². The number of nitrogens with zero attached hydrogens (tertiary/aromatic N) is 4. The predicted molar refractivity (Wildman–Crippen MR) is 106 cm³/mol. The lowest BCUT2D eigenvalue weighted by Crippen LogP contribution is -2.21. The van der Waals surface area contributed by atoms with Gasteiger partial charge in [-0.3, -0.25) is 14.5 Å². The Balaban J connectivity index is 1.57. The fourth-order valence-corrected chi connectivity index (χ4v) is 3.12. The van der Waals surface area contributed by atoms with Gasteiger partial charge in [0.2, 0.25) is 0 Å². The average Bonchev–Trinajstić information content (AvgIpc) is 3.28. The van der Waals surface area contributed by atoms with Gasteiger partial charge in [0.1, 0.15) is 15.7 Å². The van der Waals surface area contributed by atoms with Crippen molar-refractivity contribution in [1.29, 1.82) is 0 Å². The molecule has 3 rings (SSSR count). The summed E-state index contributed by atoms with van der Waals surface area (Å²) in [4.78, 5) is 32.9. The van der Waals surface area contributed by atoms with Crippen molar-refractivity contribution in [2.75, 3.05) is 11.9 Å². The molecule has 0 unspecified atom stereocenters. The van der Waals surface area contributed by atoms with Crippen LogP contribution in [0.15, 0.2) is 36.8 Å². The molecule has 0 aliphatic rings. The molecule has 0 radical (unpaired) electrons. The second-order valence-electron chi connectivity index (χ2n) is 7.18. The zero-order valence-electron chi connectivity index (χ0n) is 16.1. The summed E-state index contributed by atoms with van der Waals surface area (Å²) in [6, 6.07) is 5.46. The Morgan fingerprint density at radius 2 is 2.07 bits per heavy atom. The van der Waals surface area contributed by atoms with E-state index in [9.17, 15) is 9.59 Å². The first-order chi connectivity index (χ1) is 13.2. The normalized spacial score (nSPS) is 11.3. The van der Waals surface area contributed by atoms with Gasteiger partial charge >= 0.3 is 5.97 Å². The molecule has 0 spiro atoms. The Labute approximate surface area is 166 Å². The topological polar surface area (TPSA) is 99.0 Å². The second-order valence-corrected chi connectivity index (χ2v) is 8.21. The molecule has 28 heavy (non-hydrogen) atoms. The molecule has 3 aromatic rings. The van der Waals surface area contributed by atoms with Crippen molar-refractivity contribution >= 4 is 29.0 Å². The van der Waals surface area contributed by atoms with E-state index in [2.05, 4.69) is 20.4 Å². The van der Waals surface area contributed by atoms with Crippen LogP contribution < -0.4 is 5.32 Å². The molecule has 1 amide bonds. The van der Waals surface area contributed by atoms with Gasteiger partial charge in [0, 0.05) is 36.5 Å². The number of thiazole rings is 1. The fourth-order valence-electron chi connectivity index (χ4n) is 2.32. The highest BCUT2D eigenvalue weighted by Crippen LogP contribution is 2.25. The summed E-state index contributed by atoms with van der Waals surface area (Å²) in [6.07, 6.45) is 4.77. The standard InChI is InChI=1S/C19H21N5O3S/c1-19(2,3)14-8-15(24(4)23-14)22-16(25)11-27-18(26)13-10-21-17(28-13)12-6-5-7-20-9-12/h5-10H,11H2,1-4H3,(H,22,25). The van der Waals surface area contributed by atoms with E-state index in [4.69, 9.17) is 4.74 Å². The van der Waals surface area contributed by atoms with Crippen LogP contribution in [0.2, 0.25) is 0 Å². The van der Waals surface area contributed by atoms with Gasteiger partial charge in [-0.15, -0.1) is 11.3 Å². The van der Waals surface area contributed by atoms with Crippen molar-refractivity contribution in [2.24, 2.45) is 7.05 Å². The van der Waals surface area contributed by atoms with Crippen molar-refractivity contribution in [2.45, 2.75) is 26.2 Å². The van der Waals surface area contributed by atoms with Crippen molar-refractivity contribution in [3.05, 3.63) is 47.4 Å². The molecule has 3 heterocycles. The molecule has 8 nitrogen and oxygen atoms in total. The lowest BCUT2D eigenvalue weighted by molar-refractivity contribution is -0.119. The summed E-state index contributed by atoms with van der Waals surface area (Å²) >= 11 is 1.19. The zero-order chi connectivity index (χ0) is 20.3. The van der Waals surface area contributed by atoms with Gasteiger partial charge < -0.3 is 10.1 Å². The number of pyridine rings is 1. The summed E-state index contributed by atoms with van der Waals surface area (Å²) in [6.45, 7) is 5.72. The predicted octanol–water partition coefficient (Wildman–Crippen LogP) is 3.03. The number of ether oxygens (including phenoxy) is 1. The average molecular weight is 399 g/mol. The molecule has 0 fully saturated rings. The molecule has 0 saturated carbocycles. The largest absolute Gasteiger partial charge is 0.451 e. The van der Waals surface area contributed by atoms with Crippen LogP contribution in [0.1, 0.15) is 36.1 Å².